The molecule has 130 valence electrons. The fourth-order valence-electron chi connectivity index (χ4n) is 2.92. The van der Waals surface area contributed by atoms with Crippen LogP contribution in [0, 0.1) is 0 Å². The lowest BCUT2D eigenvalue weighted by Gasteiger charge is -2.37. The molecule has 0 saturated carbocycles. The fourth-order valence-corrected chi connectivity index (χ4v) is 3.79. The van der Waals surface area contributed by atoms with Gasteiger partial charge in [0.15, 0.2) is 10.9 Å². The summed E-state index contributed by atoms with van der Waals surface area (Å²) >= 11 is 9.03. The van der Waals surface area contributed by atoms with Crippen LogP contribution in [0.15, 0.2) is 33.9 Å². The maximum Gasteiger partial charge on any atom is 0.173 e. The smallest absolute Gasteiger partial charge is 0.173 e. The van der Waals surface area contributed by atoms with Crippen molar-refractivity contribution in [2.45, 2.75) is 46.8 Å². The number of carbonyl (C=O) groups excluding carboxylic acids is 1. The molecule has 1 aromatic carbocycles. The predicted molar refractivity (Wildman–Crippen MR) is 104 cm³/mol. The third-order valence-corrected chi connectivity index (χ3v) is 4.90. The number of hydrogen-bond donors (Lipinski definition) is 1. The Morgan fingerprint density at radius 2 is 2.12 bits per heavy atom. The summed E-state index contributed by atoms with van der Waals surface area (Å²) in [4.78, 5) is 14.2. The van der Waals surface area contributed by atoms with Crippen LogP contribution in [0.5, 0.6) is 5.75 Å². The maximum absolute atomic E-state index is 12.3. The Morgan fingerprint density at radius 1 is 1.46 bits per heavy atom. The number of allylic oxidation sites excluding steroid dienone is 1. The first-order valence-electron chi connectivity index (χ1n) is 8.02. The zero-order chi connectivity index (χ0) is 18.0. The number of carbonyl (C=O) groups is 1. The summed E-state index contributed by atoms with van der Waals surface area (Å²) < 4.78 is 6.62. The highest BCUT2D eigenvalue weighted by molar-refractivity contribution is 9.10. The fraction of sp³-hybridized carbons (Fsp3) is 0.444. The number of nitrogens with zero attached hydrogens (tertiary/aromatic N) is 1. The minimum atomic E-state index is -0.248. The van der Waals surface area contributed by atoms with Gasteiger partial charge in [0.2, 0.25) is 0 Å². The molecule has 0 aromatic heterocycles. The highest BCUT2D eigenvalue weighted by atomic mass is 79.9. The Morgan fingerprint density at radius 3 is 2.62 bits per heavy atom. The zero-order valence-corrected chi connectivity index (χ0v) is 17.0. The average molecular weight is 411 g/mol. The molecule has 1 aliphatic heterocycles. The summed E-state index contributed by atoms with van der Waals surface area (Å²) in [6.07, 6.45) is 0.0977. The third-order valence-electron chi connectivity index (χ3n) is 3.94. The highest BCUT2D eigenvalue weighted by Crippen LogP contribution is 2.35. The topological polar surface area (TPSA) is 41.6 Å². The Balaban J connectivity index is 2.46. The van der Waals surface area contributed by atoms with Crippen molar-refractivity contribution in [3.63, 3.8) is 0 Å². The van der Waals surface area contributed by atoms with Gasteiger partial charge in [-0.05, 0) is 80.5 Å². The molecule has 0 radical (unpaired) electrons. The van der Waals surface area contributed by atoms with Gasteiger partial charge in [-0.1, -0.05) is 6.07 Å². The van der Waals surface area contributed by atoms with Crippen LogP contribution >= 0.6 is 28.1 Å². The van der Waals surface area contributed by atoms with E-state index in [1.165, 1.54) is 0 Å². The second kappa shape index (κ2) is 7.66. The van der Waals surface area contributed by atoms with E-state index in [4.69, 9.17) is 17.0 Å². The van der Waals surface area contributed by atoms with Crippen molar-refractivity contribution in [1.82, 2.24) is 10.2 Å². The number of thiocarbonyl (C=S) groups is 1. The highest BCUT2D eigenvalue weighted by Gasteiger charge is 2.31. The zero-order valence-electron chi connectivity index (χ0n) is 14.6. The van der Waals surface area contributed by atoms with Crippen LogP contribution in [0.4, 0.5) is 0 Å². The monoisotopic (exact) mass is 410 g/mol. The standard InChI is InChI=1S/C18H23BrN2O2S/c1-6-21-11(4)16(12(5)22)17(20-18(21)24)13-7-8-15(14(19)9-13)23-10(2)3/h7-10,17H,6H2,1-5H3,(H,20,24). The number of Topliss-reactive ketones (excluding diaryl/α,β-unsaturated/α-hetero) is 1. The second-order valence-corrected chi connectivity index (χ2v) is 7.28. The summed E-state index contributed by atoms with van der Waals surface area (Å²) in [5.74, 6) is 0.831. The molecule has 0 spiro atoms. The van der Waals surface area contributed by atoms with Gasteiger partial charge in [0.1, 0.15) is 5.75 Å². The molecule has 1 aromatic rings. The summed E-state index contributed by atoms with van der Waals surface area (Å²) in [5.41, 5.74) is 2.63. The lowest BCUT2D eigenvalue weighted by Crippen LogP contribution is -2.47. The van der Waals surface area contributed by atoms with Gasteiger partial charge in [-0.2, -0.15) is 0 Å². The van der Waals surface area contributed by atoms with Crippen molar-refractivity contribution in [2.24, 2.45) is 0 Å². The molecule has 0 amide bonds. The van der Waals surface area contributed by atoms with Gasteiger partial charge in [-0.15, -0.1) is 0 Å². The second-order valence-electron chi connectivity index (χ2n) is 6.04. The van der Waals surface area contributed by atoms with E-state index in [1.54, 1.807) is 6.92 Å². The third kappa shape index (κ3) is 3.81. The molecule has 6 heteroatoms. The lowest BCUT2D eigenvalue weighted by molar-refractivity contribution is -0.114. The van der Waals surface area contributed by atoms with Crippen molar-refractivity contribution in [3.05, 3.63) is 39.5 Å². The van der Waals surface area contributed by atoms with Crippen LogP contribution < -0.4 is 10.1 Å². The maximum atomic E-state index is 12.3. The Hall–Kier alpha value is -1.40. The molecule has 1 N–H and O–H groups in total. The molecule has 0 bridgehead atoms. The minimum absolute atomic E-state index is 0.0459. The van der Waals surface area contributed by atoms with E-state index in [1.807, 2.05) is 50.8 Å². The van der Waals surface area contributed by atoms with E-state index < -0.39 is 0 Å². The molecule has 4 nitrogen and oxygen atoms in total. The van der Waals surface area contributed by atoms with Crippen LogP contribution in [0.3, 0.4) is 0 Å². The average Bonchev–Trinajstić information content (AvgIpc) is 2.48. The van der Waals surface area contributed by atoms with Crippen LogP contribution in [-0.4, -0.2) is 28.4 Å². The quantitative estimate of drug-likeness (QED) is 0.730. The van der Waals surface area contributed by atoms with Crippen molar-refractivity contribution >= 4 is 39.0 Å². The van der Waals surface area contributed by atoms with Crippen LogP contribution in [0.25, 0.3) is 0 Å². The minimum Gasteiger partial charge on any atom is -0.490 e. The lowest BCUT2D eigenvalue weighted by atomic mass is 9.92. The number of halogens is 1. The van der Waals surface area contributed by atoms with Crippen molar-refractivity contribution in [1.29, 1.82) is 0 Å². The molecule has 0 saturated heterocycles. The van der Waals surface area contributed by atoms with Crippen molar-refractivity contribution < 1.29 is 9.53 Å². The number of ether oxygens (including phenoxy) is 1. The molecule has 1 heterocycles. The number of rotatable bonds is 5. The predicted octanol–water partition coefficient (Wildman–Crippen LogP) is 4.35. The van der Waals surface area contributed by atoms with Gasteiger partial charge in [0, 0.05) is 17.8 Å². The summed E-state index contributed by atoms with van der Waals surface area (Å²) in [6, 6.07) is 5.63. The van der Waals surface area contributed by atoms with Crippen molar-refractivity contribution in [2.75, 3.05) is 6.54 Å². The molecular weight excluding hydrogens is 388 g/mol. The van der Waals surface area contributed by atoms with Crippen LogP contribution in [0.2, 0.25) is 0 Å². The molecule has 24 heavy (non-hydrogen) atoms. The van der Waals surface area contributed by atoms with Gasteiger partial charge >= 0.3 is 0 Å². The number of hydrogen-bond acceptors (Lipinski definition) is 3. The van der Waals surface area contributed by atoms with Gasteiger partial charge in [-0.25, -0.2) is 0 Å². The molecule has 0 fully saturated rings. The molecule has 1 aliphatic rings. The first-order valence-corrected chi connectivity index (χ1v) is 9.22. The van der Waals surface area contributed by atoms with Crippen molar-refractivity contribution in [3.8, 4) is 5.75 Å². The van der Waals surface area contributed by atoms with E-state index in [0.717, 1.165) is 33.6 Å². The molecule has 1 atom stereocenters. The first-order chi connectivity index (χ1) is 11.3. The number of ketones is 1. The van der Waals surface area contributed by atoms with Gasteiger partial charge in [-0.3, -0.25) is 4.79 Å². The van der Waals surface area contributed by atoms with Gasteiger partial charge in [0.05, 0.1) is 16.6 Å². The van der Waals surface area contributed by atoms with E-state index in [2.05, 4.69) is 21.2 Å². The van der Waals surface area contributed by atoms with E-state index in [9.17, 15) is 4.79 Å². The van der Waals surface area contributed by atoms with E-state index in [0.29, 0.717) is 5.11 Å². The summed E-state index contributed by atoms with van der Waals surface area (Å²) in [6.45, 7) is 10.3. The Bertz CT molecular complexity index is 700. The molecule has 0 aliphatic carbocycles. The number of nitrogens with one attached hydrogen (secondary N) is 1. The summed E-state index contributed by atoms with van der Waals surface area (Å²) in [7, 11) is 0. The van der Waals surface area contributed by atoms with E-state index in [-0.39, 0.29) is 17.9 Å². The first kappa shape index (κ1) is 18.9. The van der Waals surface area contributed by atoms with Crippen LogP contribution in [-0.2, 0) is 4.79 Å². The number of benzene rings is 1. The normalized spacial score (nSPS) is 18.0. The Kier molecular flexibility index (Phi) is 6.04. The van der Waals surface area contributed by atoms with Gasteiger partial charge < -0.3 is 15.0 Å². The largest absolute Gasteiger partial charge is 0.490 e. The van der Waals surface area contributed by atoms with Crippen LogP contribution in [0.1, 0.15) is 46.2 Å². The molecule has 2 rings (SSSR count). The summed E-state index contributed by atoms with van der Waals surface area (Å²) in [5, 5.41) is 3.94. The van der Waals surface area contributed by atoms with Gasteiger partial charge in [0.25, 0.3) is 0 Å². The Labute approximate surface area is 157 Å². The molecular formula is C18H23BrN2O2S. The SMILES string of the molecule is CCN1C(=S)NC(c2ccc(OC(C)C)c(Br)c2)C(C(C)=O)=C1C. The van der Waals surface area contributed by atoms with E-state index >= 15 is 0 Å². The molecule has 1 unspecified atom stereocenters.